The third-order valence-corrected chi connectivity index (χ3v) is 5.14. The standard InChI is InChI=1S/C16H30N2OS/c1-7-10-13-14(11-17-12(4)5)20-15(18-13)16(8-2,9-3)19-6/h12,17H,7-11H2,1-6H3. The first-order valence-electron chi connectivity index (χ1n) is 7.80. The van der Waals surface area contributed by atoms with Gasteiger partial charge in [0, 0.05) is 24.6 Å². The van der Waals surface area contributed by atoms with Crippen LogP contribution in [0.5, 0.6) is 0 Å². The summed E-state index contributed by atoms with van der Waals surface area (Å²) < 4.78 is 5.82. The smallest absolute Gasteiger partial charge is 0.125 e. The molecule has 20 heavy (non-hydrogen) atoms. The van der Waals surface area contributed by atoms with Gasteiger partial charge in [0.25, 0.3) is 0 Å². The Morgan fingerprint density at radius 1 is 1.25 bits per heavy atom. The molecule has 0 aliphatic rings. The zero-order valence-corrected chi connectivity index (χ0v) is 14.7. The van der Waals surface area contributed by atoms with Crippen LogP contribution in [0.25, 0.3) is 0 Å². The van der Waals surface area contributed by atoms with E-state index in [1.807, 2.05) is 11.3 Å². The number of ether oxygens (including phenoxy) is 1. The predicted molar refractivity (Wildman–Crippen MR) is 87.4 cm³/mol. The molecule has 116 valence electrons. The van der Waals surface area contributed by atoms with Crippen molar-refractivity contribution in [1.82, 2.24) is 10.3 Å². The maximum atomic E-state index is 5.82. The van der Waals surface area contributed by atoms with Gasteiger partial charge in [0.05, 0.1) is 5.69 Å². The predicted octanol–water partition coefficient (Wildman–Crippen LogP) is 4.26. The van der Waals surface area contributed by atoms with Gasteiger partial charge in [-0.25, -0.2) is 4.98 Å². The first-order chi connectivity index (χ1) is 9.52. The first-order valence-corrected chi connectivity index (χ1v) is 8.62. The third kappa shape index (κ3) is 4.03. The Labute approximate surface area is 128 Å². The van der Waals surface area contributed by atoms with Gasteiger partial charge in [0.1, 0.15) is 10.6 Å². The molecule has 0 spiro atoms. The lowest BCUT2D eigenvalue weighted by molar-refractivity contribution is -0.0219. The van der Waals surface area contributed by atoms with E-state index in [0.29, 0.717) is 6.04 Å². The Hall–Kier alpha value is -0.450. The molecule has 0 saturated heterocycles. The van der Waals surface area contributed by atoms with Gasteiger partial charge in [-0.1, -0.05) is 41.0 Å². The molecular weight excluding hydrogens is 268 g/mol. The van der Waals surface area contributed by atoms with Crippen LogP contribution < -0.4 is 5.32 Å². The Morgan fingerprint density at radius 3 is 2.35 bits per heavy atom. The number of methoxy groups -OCH3 is 1. The molecule has 0 radical (unpaired) electrons. The van der Waals surface area contributed by atoms with E-state index in [2.05, 4.69) is 39.9 Å². The average Bonchev–Trinajstić information content (AvgIpc) is 2.83. The topological polar surface area (TPSA) is 34.1 Å². The number of aromatic nitrogens is 1. The first kappa shape index (κ1) is 17.6. The largest absolute Gasteiger partial charge is 0.371 e. The summed E-state index contributed by atoms with van der Waals surface area (Å²) >= 11 is 1.82. The van der Waals surface area contributed by atoms with Crippen molar-refractivity contribution >= 4 is 11.3 Å². The van der Waals surface area contributed by atoms with Gasteiger partial charge in [0.15, 0.2) is 0 Å². The van der Waals surface area contributed by atoms with Crippen molar-refractivity contribution in [2.45, 2.75) is 78.5 Å². The molecule has 0 bridgehead atoms. The van der Waals surface area contributed by atoms with Crippen molar-refractivity contribution in [2.75, 3.05) is 7.11 Å². The molecule has 4 heteroatoms. The van der Waals surface area contributed by atoms with E-state index >= 15 is 0 Å². The third-order valence-electron chi connectivity index (χ3n) is 3.86. The Bertz CT molecular complexity index is 389. The van der Waals surface area contributed by atoms with Crippen molar-refractivity contribution in [1.29, 1.82) is 0 Å². The number of aryl methyl sites for hydroxylation is 1. The highest BCUT2D eigenvalue weighted by Gasteiger charge is 2.32. The summed E-state index contributed by atoms with van der Waals surface area (Å²) in [6, 6.07) is 0.500. The van der Waals surface area contributed by atoms with E-state index in [1.165, 1.54) is 10.6 Å². The maximum absolute atomic E-state index is 5.82. The fourth-order valence-electron chi connectivity index (χ4n) is 2.37. The number of nitrogens with one attached hydrogen (secondary N) is 1. The molecule has 1 aromatic rings. The van der Waals surface area contributed by atoms with Gasteiger partial charge in [-0.2, -0.15) is 0 Å². The summed E-state index contributed by atoms with van der Waals surface area (Å²) in [6.45, 7) is 11.8. The van der Waals surface area contributed by atoms with Gasteiger partial charge in [0.2, 0.25) is 0 Å². The number of nitrogens with zero attached hydrogens (tertiary/aromatic N) is 1. The van der Waals surface area contributed by atoms with Crippen molar-refractivity contribution in [2.24, 2.45) is 0 Å². The van der Waals surface area contributed by atoms with Gasteiger partial charge < -0.3 is 10.1 Å². The normalized spacial score (nSPS) is 12.3. The molecule has 1 N–H and O–H groups in total. The number of rotatable bonds is 9. The van der Waals surface area contributed by atoms with E-state index in [9.17, 15) is 0 Å². The molecule has 1 rings (SSSR count). The van der Waals surface area contributed by atoms with Gasteiger partial charge >= 0.3 is 0 Å². The molecule has 0 fully saturated rings. The molecule has 0 aromatic carbocycles. The second kappa shape index (κ2) is 8.11. The van der Waals surface area contributed by atoms with Crippen LogP contribution in [0.4, 0.5) is 0 Å². The summed E-state index contributed by atoms with van der Waals surface area (Å²) in [6.07, 6.45) is 4.13. The molecule has 0 aliphatic heterocycles. The second-order valence-electron chi connectivity index (χ2n) is 5.58. The highest BCUT2D eigenvalue weighted by Crippen LogP contribution is 2.36. The molecule has 1 heterocycles. The lowest BCUT2D eigenvalue weighted by Gasteiger charge is -2.27. The highest BCUT2D eigenvalue weighted by atomic mass is 32.1. The fraction of sp³-hybridized carbons (Fsp3) is 0.812. The van der Waals surface area contributed by atoms with Crippen LogP contribution in [0.1, 0.15) is 69.5 Å². The summed E-state index contributed by atoms with van der Waals surface area (Å²) in [4.78, 5) is 6.29. The van der Waals surface area contributed by atoms with Gasteiger partial charge in [-0.3, -0.25) is 0 Å². The SMILES string of the molecule is CCCc1nc(C(CC)(CC)OC)sc1CNC(C)C. The van der Waals surface area contributed by atoms with Crippen LogP contribution in [0.3, 0.4) is 0 Å². The molecule has 0 saturated carbocycles. The minimum Gasteiger partial charge on any atom is -0.371 e. The van der Waals surface area contributed by atoms with Crippen molar-refractivity contribution in [3.63, 3.8) is 0 Å². The summed E-state index contributed by atoms with van der Waals surface area (Å²) in [7, 11) is 1.81. The van der Waals surface area contributed by atoms with E-state index in [0.717, 1.165) is 37.2 Å². The van der Waals surface area contributed by atoms with E-state index < -0.39 is 0 Å². The van der Waals surface area contributed by atoms with Crippen LogP contribution in [0.15, 0.2) is 0 Å². The zero-order chi connectivity index (χ0) is 15.2. The van der Waals surface area contributed by atoms with Gasteiger partial charge in [-0.15, -0.1) is 11.3 Å². The second-order valence-corrected chi connectivity index (χ2v) is 6.66. The molecule has 3 nitrogen and oxygen atoms in total. The zero-order valence-electron chi connectivity index (χ0n) is 13.9. The summed E-state index contributed by atoms with van der Waals surface area (Å²) in [5.41, 5.74) is 1.05. The average molecular weight is 298 g/mol. The van der Waals surface area contributed by atoms with Crippen molar-refractivity contribution < 1.29 is 4.74 Å². The molecule has 0 amide bonds. The molecule has 1 aromatic heterocycles. The number of thiazole rings is 1. The van der Waals surface area contributed by atoms with E-state index in [1.54, 1.807) is 7.11 Å². The maximum Gasteiger partial charge on any atom is 0.125 e. The molecule has 0 aliphatic carbocycles. The number of hydrogen-bond donors (Lipinski definition) is 1. The Kier molecular flexibility index (Phi) is 7.13. The van der Waals surface area contributed by atoms with E-state index in [-0.39, 0.29) is 5.60 Å². The summed E-state index contributed by atoms with van der Waals surface area (Å²) in [5, 5.41) is 4.66. The van der Waals surface area contributed by atoms with Crippen LogP contribution in [-0.2, 0) is 23.3 Å². The van der Waals surface area contributed by atoms with Crippen LogP contribution in [0.2, 0.25) is 0 Å². The van der Waals surface area contributed by atoms with E-state index in [4.69, 9.17) is 9.72 Å². The Balaban J connectivity index is 3.06. The number of hydrogen-bond acceptors (Lipinski definition) is 4. The lowest BCUT2D eigenvalue weighted by atomic mass is 9.98. The minimum absolute atomic E-state index is 0.205. The molecular formula is C16H30N2OS. The van der Waals surface area contributed by atoms with Crippen LogP contribution in [-0.4, -0.2) is 18.1 Å². The lowest BCUT2D eigenvalue weighted by Crippen LogP contribution is -2.26. The molecule has 0 unspecified atom stereocenters. The minimum atomic E-state index is -0.205. The fourth-order valence-corrected chi connectivity index (χ4v) is 3.74. The van der Waals surface area contributed by atoms with Crippen LogP contribution in [0, 0.1) is 0 Å². The van der Waals surface area contributed by atoms with Crippen molar-refractivity contribution in [3.05, 3.63) is 15.6 Å². The highest BCUT2D eigenvalue weighted by molar-refractivity contribution is 7.11. The van der Waals surface area contributed by atoms with Crippen LogP contribution >= 0.6 is 11.3 Å². The van der Waals surface area contributed by atoms with Crippen molar-refractivity contribution in [3.8, 4) is 0 Å². The quantitative estimate of drug-likeness (QED) is 0.740. The molecule has 0 atom stereocenters. The summed E-state index contributed by atoms with van der Waals surface area (Å²) in [5.74, 6) is 0. The van der Waals surface area contributed by atoms with Gasteiger partial charge in [-0.05, 0) is 19.3 Å². The Morgan fingerprint density at radius 2 is 1.90 bits per heavy atom. The monoisotopic (exact) mass is 298 g/mol.